The van der Waals surface area contributed by atoms with Crippen LogP contribution >= 0.6 is 0 Å². The number of amides is 1. The normalized spacial score (nSPS) is 23.1. The average Bonchev–Trinajstić information content (AvgIpc) is 3.18. The molecule has 0 radical (unpaired) electrons. The predicted molar refractivity (Wildman–Crippen MR) is 81.3 cm³/mol. The van der Waals surface area contributed by atoms with E-state index in [1.54, 1.807) is 12.4 Å². The zero-order valence-electron chi connectivity index (χ0n) is 13.0. The summed E-state index contributed by atoms with van der Waals surface area (Å²) in [6.45, 7) is 8.05. The summed E-state index contributed by atoms with van der Waals surface area (Å²) in [6.07, 6.45) is 5.33. The van der Waals surface area contributed by atoms with Gasteiger partial charge in [0.15, 0.2) is 0 Å². The number of anilines is 1. The van der Waals surface area contributed by atoms with E-state index < -0.39 is 7.12 Å². The Labute approximate surface area is 125 Å². The van der Waals surface area contributed by atoms with Gasteiger partial charge in [-0.3, -0.25) is 9.78 Å². The number of aromatic nitrogens is 1. The van der Waals surface area contributed by atoms with E-state index in [1.165, 1.54) is 0 Å². The smallest absolute Gasteiger partial charge is 0.399 e. The molecular weight excluding hydrogens is 267 g/mol. The lowest BCUT2D eigenvalue weighted by atomic mass is 9.80. The maximum atomic E-state index is 11.8. The molecule has 6 heteroatoms. The number of hydrogen-bond acceptors (Lipinski definition) is 4. The van der Waals surface area contributed by atoms with Crippen LogP contribution in [0.1, 0.15) is 40.5 Å². The lowest BCUT2D eigenvalue weighted by molar-refractivity contribution is -0.117. The zero-order chi connectivity index (χ0) is 15.3. The number of pyridine rings is 1. The van der Waals surface area contributed by atoms with Crippen LogP contribution in [0.15, 0.2) is 18.5 Å². The lowest BCUT2D eigenvalue weighted by Crippen LogP contribution is -2.41. The Hall–Kier alpha value is -1.40. The number of nitrogens with zero attached hydrogens (tertiary/aromatic N) is 1. The molecule has 3 rings (SSSR count). The summed E-state index contributed by atoms with van der Waals surface area (Å²) in [6, 6.07) is 1.87. The molecule has 0 bridgehead atoms. The van der Waals surface area contributed by atoms with Gasteiger partial charge in [-0.05, 0) is 46.6 Å². The van der Waals surface area contributed by atoms with Crippen LogP contribution in [-0.4, -0.2) is 29.2 Å². The summed E-state index contributed by atoms with van der Waals surface area (Å²) in [5, 5.41) is 2.90. The second kappa shape index (κ2) is 4.82. The van der Waals surface area contributed by atoms with Crippen LogP contribution in [0.25, 0.3) is 0 Å². The molecule has 0 spiro atoms. The third-order valence-corrected chi connectivity index (χ3v) is 4.50. The second-order valence-corrected chi connectivity index (χ2v) is 6.86. The molecule has 0 unspecified atom stereocenters. The van der Waals surface area contributed by atoms with Gasteiger partial charge in [-0.25, -0.2) is 0 Å². The van der Waals surface area contributed by atoms with Gasteiger partial charge in [0.25, 0.3) is 0 Å². The Morgan fingerprint density at radius 3 is 2.43 bits per heavy atom. The van der Waals surface area contributed by atoms with Crippen LogP contribution in [0.2, 0.25) is 0 Å². The fraction of sp³-hybridized carbons (Fsp3) is 0.600. The maximum Gasteiger partial charge on any atom is 0.496 e. The van der Waals surface area contributed by atoms with Gasteiger partial charge in [0.1, 0.15) is 0 Å². The monoisotopic (exact) mass is 288 g/mol. The molecule has 1 N–H and O–H groups in total. The van der Waals surface area contributed by atoms with Gasteiger partial charge in [0.05, 0.1) is 23.1 Å². The molecule has 0 aromatic carbocycles. The van der Waals surface area contributed by atoms with Crippen molar-refractivity contribution >= 4 is 24.2 Å². The maximum absolute atomic E-state index is 11.8. The first-order valence-corrected chi connectivity index (χ1v) is 7.40. The number of nitrogens with one attached hydrogen (secondary N) is 1. The van der Waals surface area contributed by atoms with Crippen molar-refractivity contribution < 1.29 is 14.1 Å². The molecular formula is C15H21BN2O3. The summed E-state index contributed by atoms with van der Waals surface area (Å²) in [4.78, 5) is 16.0. The first-order chi connectivity index (χ1) is 9.78. The molecule has 1 aromatic rings. The second-order valence-electron chi connectivity index (χ2n) is 6.86. The highest BCUT2D eigenvalue weighted by molar-refractivity contribution is 6.62. The first-order valence-electron chi connectivity index (χ1n) is 7.40. The minimum atomic E-state index is -0.458. The lowest BCUT2D eigenvalue weighted by Gasteiger charge is -2.32. The van der Waals surface area contributed by atoms with Crippen molar-refractivity contribution in [3.63, 3.8) is 0 Å². The van der Waals surface area contributed by atoms with Crippen LogP contribution in [0, 0.1) is 5.92 Å². The summed E-state index contributed by atoms with van der Waals surface area (Å²) in [5.41, 5.74) is 0.747. The number of carbonyl (C=O) groups is 1. The SMILES string of the molecule is CC1(C)OB(c2cncc(NC(=O)C3CC3)c2)OC1(C)C. The van der Waals surface area contributed by atoms with E-state index in [9.17, 15) is 4.79 Å². The highest BCUT2D eigenvalue weighted by Gasteiger charge is 2.51. The van der Waals surface area contributed by atoms with E-state index in [2.05, 4.69) is 10.3 Å². The Balaban J connectivity index is 1.76. The van der Waals surface area contributed by atoms with E-state index in [-0.39, 0.29) is 23.0 Å². The molecule has 1 aliphatic carbocycles. The molecule has 1 aromatic heterocycles. The summed E-state index contributed by atoms with van der Waals surface area (Å²) in [5.74, 6) is 0.244. The van der Waals surface area contributed by atoms with E-state index in [1.807, 2.05) is 33.8 Å². The fourth-order valence-corrected chi connectivity index (χ4v) is 2.22. The minimum Gasteiger partial charge on any atom is -0.399 e. The molecule has 1 aliphatic heterocycles. The summed E-state index contributed by atoms with van der Waals surface area (Å²) in [7, 11) is -0.458. The summed E-state index contributed by atoms with van der Waals surface area (Å²) < 4.78 is 12.0. The molecule has 0 atom stereocenters. The van der Waals surface area contributed by atoms with Gasteiger partial charge >= 0.3 is 7.12 Å². The third-order valence-electron chi connectivity index (χ3n) is 4.50. The average molecular weight is 288 g/mol. The molecule has 21 heavy (non-hydrogen) atoms. The van der Waals surface area contributed by atoms with E-state index in [4.69, 9.17) is 9.31 Å². The Kier molecular flexibility index (Phi) is 3.33. The quantitative estimate of drug-likeness (QED) is 0.860. The minimum absolute atomic E-state index is 0.0721. The topological polar surface area (TPSA) is 60.5 Å². The largest absolute Gasteiger partial charge is 0.496 e. The molecule has 112 valence electrons. The van der Waals surface area contributed by atoms with Crippen molar-refractivity contribution in [2.75, 3.05) is 5.32 Å². The van der Waals surface area contributed by atoms with Crippen molar-refractivity contribution in [3.8, 4) is 0 Å². The van der Waals surface area contributed by atoms with Crippen LogP contribution in [-0.2, 0) is 14.1 Å². The first kappa shape index (κ1) is 14.5. The van der Waals surface area contributed by atoms with Crippen LogP contribution in [0.5, 0.6) is 0 Å². The highest BCUT2D eigenvalue weighted by Crippen LogP contribution is 2.36. The molecule has 5 nitrogen and oxygen atoms in total. The number of hydrogen-bond donors (Lipinski definition) is 1. The van der Waals surface area contributed by atoms with Crippen molar-refractivity contribution in [2.24, 2.45) is 5.92 Å². The highest BCUT2D eigenvalue weighted by atomic mass is 16.7. The van der Waals surface area contributed by atoms with Gasteiger partial charge in [0, 0.05) is 17.6 Å². The van der Waals surface area contributed by atoms with Gasteiger partial charge in [-0.15, -0.1) is 0 Å². The number of rotatable bonds is 3. The Morgan fingerprint density at radius 1 is 1.24 bits per heavy atom. The van der Waals surface area contributed by atoms with Crippen LogP contribution in [0.3, 0.4) is 0 Å². The van der Waals surface area contributed by atoms with Crippen molar-refractivity contribution in [2.45, 2.75) is 51.7 Å². The molecule has 1 amide bonds. The molecule has 1 saturated heterocycles. The summed E-state index contributed by atoms with van der Waals surface area (Å²) >= 11 is 0. The predicted octanol–water partition coefficient (Wildman–Crippen LogP) is 1.73. The van der Waals surface area contributed by atoms with Crippen LogP contribution in [0.4, 0.5) is 5.69 Å². The van der Waals surface area contributed by atoms with Gasteiger partial charge < -0.3 is 14.6 Å². The fourth-order valence-electron chi connectivity index (χ4n) is 2.22. The van der Waals surface area contributed by atoms with Gasteiger partial charge in [0.2, 0.25) is 5.91 Å². The van der Waals surface area contributed by atoms with E-state index in [0.29, 0.717) is 5.69 Å². The van der Waals surface area contributed by atoms with E-state index in [0.717, 1.165) is 18.3 Å². The molecule has 2 aliphatic rings. The van der Waals surface area contributed by atoms with Crippen LogP contribution < -0.4 is 10.8 Å². The van der Waals surface area contributed by atoms with Crippen molar-refractivity contribution in [1.82, 2.24) is 4.98 Å². The number of carbonyl (C=O) groups excluding carboxylic acids is 1. The third kappa shape index (κ3) is 2.83. The zero-order valence-corrected chi connectivity index (χ0v) is 13.0. The van der Waals surface area contributed by atoms with Crippen molar-refractivity contribution in [3.05, 3.63) is 18.5 Å². The molecule has 2 heterocycles. The van der Waals surface area contributed by atoms with E-state index >= 15 is 0 Å². The Morgan fingerprint density at radius 2 is 1.86 bits per heavy atom. The van der Waals surface area contributed by atoms with Gasteiger partial charge in [-0.1, -0.05) is 0 Å². The molecule has 1 saturated carbocycles. The van der Waals surface area contributed by atoms with Gasteiger partial charge in [-0.2, -0.15) is 0 Å². The van der Waals surface area contributed by atoms with Crippen molar-refractivity contribution in [1.29, 1.82) is 0 Å². The Bertz CT molecular complexity index is 554. The molecule has 2 fully saturated rings. The standard InChI is InChI=1S/C15H21BN2O3/c1-14(2)15(3,4)21-16(20-14)11-7-12(9-17-8-11)18-13(19)10-5-6-10/h7-10H,5-6H2,1-4H3,(H,18,19).